The van der Waals surface area contributed by atoms with E-state index >= 15 is 0 Å². The number of hydrogen-bond donors (Lipinski definition) is 4. The van der Waals surface area contributed by atoms with Crippen molar-refractivity contribution in [2.75, 3.05) is 11.5 Å². The molecular weight excluding hydrogens is 366 g/mol. The molecule has 0 heterocycles. The highest BCUT2D eigenvalue weighted by Crippen LogP contribution is 2.22. The highest BCUT2D eigenvalue weighted by Gasteiger charge is 2.05. The molecule has 2 rings (SSSR count). The molecular formula is C15H12BrN3O4. The summed E-state index contributed by atoms with van der Waals surface area (Å²) in [7, 11) is 0. The number of nitrogens with two attached hydrogens (primary N) is 2. The van der Waals surface area contributed by atoms with Crippen LogP contribution in [0.1, 0.15) is 20.7 Å². The Morgan fingerprint density at radius 3 is 1.83 bits per heavy atom. The van der Waals surface area contributed by atoms with Crippen LogP contribution in [0.5, 0.6) is 0 Å². The van der Waals surface area contributed by atoms with Gasteiger partial charge < -0.3 is 21.7 Å². The van der Waals surface area contributed by atoms with E-state index in [1.807, 2.05) is 0 Å². The van der Waals surface area contributed by atoms with Crippen molar-refractivity contribution in [2.24, 2.45) is 0 Å². The Bertz CT molecular complexity index is 800. The Hall–Kier alpha value is -3.05. The van der Waals surface area contributed by atoms with Crippen LogP contribution in [0.4, 0.5) is 17.1 Å². The first kappa shape index (κ1) is 18.0. The van der Waals surface area contributed by atoms with Crippen LogP contribution in [0.2, 0.25) is 0 Å². The fourth-order valence-corrected chi connectivity index (χ4v) is 1.71. The second-order valence-electron chi connectivity index (χ2n) is 4.23. The number of hydrogen-bond acceptors (Lipinski definition) is 4. The SMILES string of the molecule is Nc1cc(C(=O)O)ccc1Br.[C-]#[N+]c1ccc(C(=O)O)cc1N. The van der Waals surface area contributed by atoms with Gasteiger partial charge in [-0.1, -0.05) is 12.1 Å². The number of nitrogens with zero attached hydrogens (tertiary/aromatic N) is 1. The number of nitrogen functional groups attached to an aromatic ring is 2. The number of rotatable bonds is 2. The maximum atomic E-state index is 10.4. The maximum Gasteiger partial charge on any atom is 0.335 e. The van der Waals surface area contributed by atoms with Crippen molar-refractivity contribution >= 4 is 44.9 Å². The summed E-state index contributed by atoms with van der Waals surface area (Å²) in [5.74, 6) is -2.01. The summed E-state index contributed by atoms with van der Waals surface area (Å²) in [4.78, 5) is 23.9. The topological polar surface area (TPSA) is 131 Å². The molecule has 2 aromatic carbocycles. The van der Waals surface area contributed by atoms with Crippen molar-refractivity contribution in [2.45, 2.75) is 0 Å². The zero-order valence-electron chi connectivity index (χ0n) is 11.7. The molecule has 0 fully saturated rings. The third-order valence-electron chi connectivity index (χ3n) is 2.64. The van der Waals surface area contributed by atoms with Gasteiger partial charge in [0.2, 0.25) is 5.69 Å². The van der Waals surface area contributed by atoms with Crippen LogP contribution in [-0.2, 0) is 0 Å². The molecule has 0 aliphatic rings. The van der Waals surface area contributed by atoms with E-state index in [9.17, 15) is 9.59 Å². The van der Waals surface area contributed by atoms with Gasteiger partial charge >= 0.3 is 11.9 Å². The Morgan fingerprint density at radius 1 is 0.957 bits per heavy atom. The van der Waals surface area contributed by atoms with Gasteiger partial charge in [-0.3, -0.25) is 0 Å². The fourth-order valence-electron chi connectivity index (χ4n) is 1.47. The van der Waals surface area contributed by atoms with Gasteiger partial charge in [0.1, 0.15) is 0 Å². The van der Waals surface area contributed by atoms with Crippen LogP contribution in [-0.4, -0.2) is 22.2 Å². The van der Waals surface area contributed by atoms with E-state index in [1.54, 1.807) is 6.07 Å². The van der Waals surface area contributed by atoms with Crippen molar-refractivity contribution in [3.8, 4) is 0 Å². The monoisotopic (exact) mass is 377 g/mol. The molecule has 0 saturated carbocycles. The molecule has 118 valence electrons. The second-order valence-corrected chi connectivity index (χ2v) is 5.09. The van der Waals surface area contributed by atoms with E-state index in [0.29, 0.717) is 10.2 Å². The van der Waals surface area contributed by atoms with Crippen molar-refractivity contribution in [1.29, 1.82) is 0 Å². The van der Waals surface area contributed by atoms with Crippen LogP contribution in [0.25, 0.3) is 4.85 Å². The average Bonchev–Trinajstić information content (AvgIpc) is 2.50. The first-order valence-electron chi connectivity index (χ1n) is 6.05. The predicted molar refractivity (Wildman–Crippen MR) is 89.6 cm³/mol. The summed E-state index contributed by atoms with van der Waals surface area (Å²) in [6.07, 6.45) is 0. The van der Waals surface area contributed by atoms with Crippen molar-refractivity contribution in [3.05, 3.63) is 63.4 Å². The molecule has 0 radical (unpaired) electrons. The number of carbonyl (C=O) groups is 2. The van der Waals surface area contributed by atoms with Gasteiger partial charge in [0.15, 0.2) is 0 Å². The quantitative estimate of drug-likeness (QED) is 0.469. The maximum absolute atomic E-state index is 10.4. The lowest BCUT2D eigenvalue weighted by atomic mass is 10.2. The Kier molecular flexibility index (Phi) is 6.12. The minimum Gasteiger partial charge on any atom is -0.478 e. The molecule has 0 unspecified atom stereocenters. The summed E-state index contributed by atoms with van der Waals surface area (Å²) in [5, 5.41) is 17.1. The molecule has 8 heteroatoms. The van der Waals surface area contributed by atoms with Crippen molar-refractivity contribution in [1.82, 2.24) is 0 Å². The molecule has 2 aromatic rings. The number of carboxylic acid groups (broad SMARTS) is 2. The van der Waals surface area contributed by atoms with Gasteiger partial charge in [0.05, 0.1) is 17.7 Å². The fraction of sp³-hybridized carbons (Fsp3) is 0. The number of carboxylic acids is 2. The molecule has 0 aromatic heterocycles. The minimum atomic E-state index is -1.04. The minimum absolute atomic E-state index is 0.0971. The van der Waals surface area contributed by atoms with E-state index in [4.69, 9.17) is 28.3 Å². The lowest BCUT2D eigenvalue weighted by Crippen LogP contribution is -1.97. The van der Waals surface area contributed by atoms with Gasteiger partial charge in [0, 0.05) is 15.8 Å². The molecule has 0 spiro atoms. The van der Waals surface area contributed by atoms with Crippen LogP contribution in [0, 0.1) is 6.57 Å². The number of aromatic carboxylic acids is 2. The van der Waals surface area contributed by atoms with Crippen LogP contribution >= 0.6 is 15.9 Å². The molecule has 6 N–H and O–H groups in total. The average molecular weight is 378 g/mol. The summed E-state index contributed by atoms with van der Waals surface area (Å²) in [6.45, 7) is 6.66. The molecule has 0 saturated heterocycles. The van der Waals surface area contributed by atoms with Gasteiger partial charge in [-0.2, -0.15) is 0 Å². The Labute approximate surface area is 140 Å². The van der Waals surface area contributed by atoms with Gasteiger partial charge in [0.25, 0.3) is 0 Å². The Morgan fingerprint density at radius 2 is 1.43 bits per heavy atom. The first-order chi connectivity index (χ1) is 10.8. The van der Waals surface area contributed by atoms with Crippen molar-refractivity contribution in [3.63, 3.8) is 0 Å². The third-order valence-corrected chi connectivity index (χ3v) is 3.36. The summed E-state index contributed by atoms with van der Waals surface area (Å²) >= 11 is 3.16. The second kappa shape index (κ2) is 7.82. The molecule has 0 aliphatic carbocycles. The zero-order chi connectivity index (χ0) is 17.6. The van der Waals surface area contributed by atoms with Crippen molar-refractivity contribution < 1.29 is 19.8 Å². The molecule has 23 heavy (non-hydrogen) atoms. The van der Waals surface area contributed by atoms with Gasteiger partial charge in [-0.15, -0.1) is 0 Å². The van der Waals surface area contributed by atoms with E-state index in [1.165, 1.54) is 30.3 Å². The van der Waals surface area contributed by atoms with Gasteiger partial charge in [-0.25, -0.2) is 14.4 Å². The van der Waals surface area contributed by atoms with Crippen LogP contribution in [0.3, 0.4) is 0 Å². The number of halogens is 1. The lowest BCUT2D eigenvalue weighted by molar-refractivity contribution is 0.0686. The largest absolute Gasteiger partial charge is 0.478 e. The number of anilines is 2. The first-order valence-corrected chi connectivity index (χ1v) is 6.84. The summed E-state index contributed by atoms with van der Waals surface area (Å²) in [6, 6.07) is 8.53. The summed E-state index contributed by atoms with van der Waals surface area (Å²) in [5.41, 5.74) is 12.0. The number of benzene rings is 2. The smallest absolute Gasteiger partial charge is 0.335 e. The molecule has 7 nitrogen and oxygen atoms in total. The van der Waals surface area contributed by atoms with E-state index < -0.39 is 11.9 Å². The van der Waals surface area contributed by atoms with E-state index in [-0.39, 0.29) is 22.5 Å². The molecule has 0 amide bonds. The van der Waals surface area contributed by atoms with E-state index in [2.05, 4.69) is 20.8 Å². The lowest BCUT2D eigenvalue weighted by Gasteiger charge is -1.98. The third kappa shape index (κ3) is 5.01. The highest BCUT2D eigenvalue weighted by atomic mass is 79.9. The van der Waals surface area contributed by atoms with E-state index in [0.717, 1.165) is 0 Å². The van der Waals surface area contributed by atoms with Crippen LogP contribution in [0.15, 0.2) is 40.9 Å². The Balaban J connectivity index is 0.000000231. The highest BCUT2D eigenvalue weighted by molar-refractivity contribution is 9.10. The zero-order valence-corrected chi connectivity index (χ0v) is 13.2. The molecule has 0 aliphatic heterocycles. The molecule has 0 bridgehead atoms. The normalized spacial score (nSPS) is 9.22. The van der Waals surface area contributed by atoms with Crippen LogP contribution < -0.4 is 11.5 Å². The predicted octanol–water partition coefficient (Wildman–Crippen LogP) is 3.25. The van der Waals surface area contributed by atoms with Gasteiger partial charge in [-0.05, 0) is 40.2 Å². The molecule has 0 atom stereocenters. The summed E-state index contributed by atoms with van der Waals surface area (Å²) < 4.78 is 0.711. The standard InChI is InChI=1S/C8H6N2O2.C7H6BrNO2/c1-10-7-3-2-5(8(11)12)4-6(7)9;8-5-2-1-4(7(10)11)3-6(5)9/h2-4H,9H2,(H,11,12);1-3H,9H2,(H,10,11).